The molecule has 0 aliphatic heterocycles. The van der Waals surface area contributed by atoms with Gasteiger partial charge in [0.25, 0.3) is 5.91 Å². The van der Waals surface area contributed by atoms with Gasteiger partial charge < -0.3 is 11.1 Å². The van der Waals surface area contributed by atoms with E-state index in [1.807, 2.05) is 0 Å². The molecule has 0 aliphatic carbocycles. The Morgan fingerprint density at radius 3 is 3.09 bits per heavy atom. The highest BCUT2D eigenvalue weighted by molar-refractivity contribution is 7.79. The molecule has 5 heteroatoms. The van der Waals surface area contributed by atoms with Gasteiger partial charge in [-0.1, -0.05) is 12.2 Å². The van der Waals surface area contributed by atoms with Crippen molar-refractivity contribution in [3.05, 3.63) is 16.3 Å². The Morgan fingerprint density at radius 1 is 1.82 bits per heavy atom. The number of carbonyl (C=O) groups is 1. The molecule has 0 fully saturated rings. The van der Waals surface area contributed by atoms with Crippen LogP contribution in [0.5, 0.6) is 0 Å². The van der Waals surface area contributed by atoms with Crippen LogP contribution in [0.4, 0.5) is 5.69 Å². The van der Waals surface area contributed by atoms with Gasteiger partial charge in [0.05, 0.1) is 11.2 Å². The maximum absolute atomic E-state index is 10.7. The molecule has 0 atom stereocenters. The first-order valence-corrected chi connectivity index (χ1v) is 4.18. The Balaban J connectivity index is 2.95. The van der Waals surface area contributed by atoms with E-state index in [4.69, 9.17) is 5.73 Å². The summed E-state index contributed by atoms with van der Waals surface area (Å²) in [6.45, 7) is 0. The molecule has 3 N–H and O–H groups in total. The molecule has 0 unspecified atom stereocenters. The lowest BCUT2D eigenvalue weighted by molar-refractivity contribution is 0.100. The Labute approximate surface area is 73.2 Å². The minimum atomic E-state index is -0.431. The van der Waals surface area contributed by atoms with Crippen molar-refractivity contribution in [3.63, 3.8) is 0 Å². The lowest BCUT2D eigenvalue weighted by Crippen LogP contribution is -2.11. The van der Waals surface area contributed by atoms with Crippen molar-refractivity contribution in [3.8, 4) is 0 Å². The molecule has 58 valence electrons. The number of anilines is 1. The van der Waals surface area contributed by atoms with Crippen LogP contribution in [0, 0.1) is 0 Å². The second kappa shape index (κ2) is 3.45. The summed E-state index contributed by atoms with van der Waals surface area (Å²) in [6, 6.07) is 1.76. The van der Waals surface area contributed by atoms with Crippen molar-refractivity contribution in [2.45, 2.75) is 0 Å². The second-order valence-corrected chi connectivity index (χ2v) is 2.94. The summed E-state index contributed by atoms with van der Waals surface area (Å²) in [5, 5.41) is 4.52. The summed E-state index contributed by atoms with van der Waals surface area (Å²) >= 11 is 5.86. The second-order valence-electron chi connectivity index (χ2n) is 1.79. The Morgan fingerprint density at radius 2 is 2.55 bits per heavy atom. The third-order valence-corrected chi connectivity index (χ3v) is 2.15. The number of hydrogen-bond acceptors (Lipinski definition) is 3. The number of nitrogens with one attached hydrogen (secondary N) is 1. The van der Waals surface area contributed by atoms with Crippen molar-refractivity contribution in [2.75, 3.05) is 5.32 Å². The van der Waals surface area contributed by atoms with E-state index >= 15 is 0 Å². The first-order valence-electron chi connectivity index (χ1n) is 2.83. The van der Waals surface area contributed by atoms with Crippen LogP contribution in [-0.4, -0.2) is 11.4 Å². The van der Waals surface area contributed by atoms with Crippen LogP contribution >= 0.6 is 23.6 Å². The third kappa shape index (κ3) is 1.75. The molecular weight excluding hydrogens is 180 g/mol. The van der Waals surface area contributed by atoms with Gasteiger partial charge in [0, 0.05) is 0 Å². The number of hydrogen-bond donors (Lipinski definition) is 2. The fourth-order valence-electron chi connectivity index (χ4n) is 0.677. The van der Waals surface area contributed by atoms with Gasteiger partial charge in [-0.3, -0.25) is 4.79 Å². The van der Waals surface area contributed by atoms with Crippen molar-refractivity contribution in [2.24, 2.45) is 5.73 Å². The average Bonchev–Trinajstić information content (AvgIpc) is 2.36. The van der Waals surface area contributed by atoms with E-state index in [0.29, 0.717) is 10.6 Å². The van der Waals surface area contributed by atoms with Gasteiger partial charge in [-0.05, 0) is 11.4 Å². The molecule has 0 aliphatic rings. The van der Waals surface area contributed by atoms with E-state index < -0.39 is 5.91 Å². The van der Waals surface area contributed by atoms with Crippen LogP contribution in [0.2, 0.25) is 0 Å². The summed E-state index contributed by atoms with van der Waals surface area (Å²) in [5.74, 6) is -0.431. The van der Waals surface area contributed by atoms with Gasteiger partial charge in [-0.25, -0.2) is 0 Å². The van der Waals surface area contributed by atoms with Gasteiger partial charge in [0.2, 0.25) is 0 Å². The number of rotatable bonds is 3. The highest BCUT2D eigenvalue weighted by Gasteiger charge is 2.07. The van der Waals surface area contributed by atoms with Gasteiger partial charge >= 0.3 is 0 Å². The van der Waals surface area contributed by atoms with Crippen LogP contribution in [-0.2, 0) is 0 Å². The monoisotopic (exact) mass is 186 g/mol. The predicted octanol–water partition coefficient (Wildman–Crippen LogP) is 1.22. The minimum Gasteiger partial charge on any atom is -0.365 e. The molecule has 1 aromatic heterocycles. The summed E-state index contributed by atoms with van der Waals surface area (Å²) in [7, 11) is 0. The zero-order valence-electron chi connectivity index (χ0n) is 5.53. The molecule has 0 saturated carbocycles. The average molecular weight is 186 g/mol. The number of amides is 1. The van der Waals surface area contributed by atoms with Crippen molar-refractivity contribution >= 4 is 40.6 Å². The van der Waals surface area contributed by atoms with E-state index in [2.05, 4.69) is 17.5 Å². The fraction of sp³-hybridized carbons (Fsp3) is 0. The molecule has 0 spiro atoms. The topological polar surface area (TPSA) is 55.1 Å². The SMILES string of the molecule is NC(=O)c1sccc1NC=S. The molecule has 1 rings (SSSR count). The molecule has 11 heavy (non-hydrogen) atoms. The van der Waals surface area contributed by atoms with Crippen LogP contribution < -0.4 is 11.1 Å². The first-order chi connectivity index (χ1) is 5.25. The fourth-order valence-corrected chi connectivity index (χ4v) is 1.51. The Kier molecular flexibility index (Phi) is 2.56. The minimum absolute atomic E-state index is 0.431. The van der Waals surface area contributed by atoms with Gasteiger partial charge in [0.1, 0.15) is 4.88 Å². The van der Waals surface area contributed by atoms with E-state index in [0.717, 1.165) is 0 Å². The first kappa shape index (κ1) is 8.16. The van der Waals surface area contributed by atoms with E-state index in [1.165, 1.54) is 16.8 Å². The summed E-state index contributed by atoms with van der Waals surface area (Å²) in [6.07, 6.45) is 0. The van der Waals surface area contributed by atoms with Gasteiger partial charge in [-0.2, -0.15) is 0 Å². The number of thiophene rings is 1. The molecule has 0 bridgehead atoms. The molecule has 0 aromatic carbocycles. The van der Waals surface area contributed by atoms with E-state index in [-0.39, 0.29) is 0 Å². The maximum atomic E-state index is 10.7. The third-order valence-electron chi connectivity index (χ3n) is 1.10. The number of carbonyl (C=O) groups excluding carboxylic acids is 1. The van der Waals surface area contributed by atoms with Crippen molar-refractivity contribution in [1.82, 2.24) is 0 Å². The summed E-state index contributed by atoms with van der Waals surface area (Å²) in [4.78, 5) is 11.2. The highest BCUT2D eigenvalue weighted by Crippen LogP contribution is 2.20. The number of thiocarbonyl (C=S) groups is 1. The van der Waals surface area contributed by atoms with Gasteiger partial charge in [-0.15, -0.1) is 11.3 Å². The molecule has 1 amide bonds. The molecule has 0 saturated heterocycles. The zero-order valence-corrected chi connectivity index (χ0v) is 7.17. The molecule has 3 nitrogen and oxygen atoms in total. The molecule has 0 radical (unpaired) electrons. The quantitative estimate of drug-likeness (QED) is 0.698. The van der Waals surface area contributed by atoms with E-state index in [9.17, 15) is 4.79 Å². The Bertz CT molecular complexity index is 282. The lowest BCUT2D eigenvalue weighted by Gasteiger charge is -1.96. The zero-order chi connectivity index (χ0) is 8.27. The van der Waals surface area contributed by atoms with E-state index in [1.54, 1.807) is 11.4 Å². The normalized spacial score (nSPS) is 9.09. The highest BCUT2D eigenvalue weighted by atomic mass is 32.1. The summed E-state index contributed by atoms with van der Waals surface area (Å²) in [5.41, 5.74) is 7.09. The van der Waals surface area contributed by atoms with Crippen molar-refractivity contribution < 1.29 is 4.79 Å². The lowest BCUT2D eigenvalue weighted by atomic mass is 10.4. The molecule has 1 aromatic rings. The Hall–Kier alpha value is -0.940. The standard InChI is InChI=1S/C6H6N2OS2/c7-6(9)5-4(8-3-10)1-2-11-5/h1-3H,(H2,7,9)(H,8,10). The van der Waals surface area contributed by atoms with Crippen LogP contribution in [0.25, 0.3) is 0 Å². The van der Waals surface area contributed by atoms with Crippen LogP contribution in [0.15, 0.2) is 11.4 Å². The largest absolute Gasteiger partial charge is 0.365 e. The maximum Gasteiger partial charge on any atom is 0.260 e. The van der Waals surface area contributed by atoms with Crippen LogP contribution in [0.3, 0.4) is 0 Å². The smallest absolute Gasteiger partial charge is 0.260 e. The summed E-state index contributed by atoms with van der Waals surface area (Å²) < 4.78 is 0. The molecular formula is C6H6N2OS2. The predicted molar refractivity (Wildman–Crippen MR) is 50.1 cm³/mol. The van der Waals surface area contributed by atoms with Crippen molar-refractivity contribution in [1.29, 1.82) is 0 Å². The molecule has 1 heterocycles. The van der Waals surface area contributed by atoms with Crippen LogP contribution in [0.1, 0.15) is 9.67 Å². The number of primary amides is 1. The number of nitrogens with two attached hydrogens (primary N) is 1. The van der Waals surface area contributed by atoms with Gasteiger partial charge in [0.15, 0.2) is 0 Å².